The lowest BCUT2D eigenvalue weighted by molar-refractivity contribution is 0.0988. The van der Waals surface area contributed by atoms with Gasteiger partial charge in [-0.25, -0.2) is 0 Å². The molecule has 2 aromatic carbocycles. The Bertz CT molecular complexity index is 646. The summed E-state index contributed by atoms with van der Waals surface area (Å²) in [5, 5.41) is 0.429. The van der Waals surface area contributed by atoms with Crippen LogP contribution in [0, 0.1) is 0 Å². The first-order valence-corrected chi connectivity index (χ1v) is 7.28. The van der Waals surface area contributed by atoms with E-state index < -0.39 is 0 Å². The molecule has 0 heterocycles. The summed E-state index contributed by atoms with van der Waals surface area (Å²) in [4.78, 5) is 14.8. The van der Waals surface area contributed by atoms with Crippen molar-refractivity contribution < 1.29 is 4.79 Å². The fourth-order valence-corrected chi connectivity index (χ4v) is 2.27. The zero-order chi connectivity index (χ0) is 15.2. The highest BCUT2D eigenvalue weighted by Crippen LogP contribution is 2.21. The minimum Gasteiger partial charge on any atom is -0.393 e. The molecule has 0 unspecified atom stereocenters. The van der Waals surface area contributed by atoms with Crippen molar-refractivity contribution in [2.24, 2.45) is 5.73 Å². The lowest BCUT2D eigenvalue weighted by atomic mass is 10.1. The van der Waals surface area contributed by atoms with Crippen LogP contribution in [0.5, 0.6) is 0 Å². The van der Waals surface area contributed by atoms with E-state index >= 15 is 0 Å². The Morgan fingerprint density at radius 2 is 1.71 bits per heavy atom. The second-order valence-electron chi connectivity index (χ2n) is 4.49. The molecule has 2 rings (SSSR count). The average molecular weight is 319 g/mol. The molecule has 21 heavy (non-hydrogen) atoms. The Kier molecular flexibility index (Phi) is 5.31. The molecule has 108 valence electrons. The van der Waals surface area contributed by atoms with Gasteiger partial charge in [0.1, 0.15) is 0 Å². The van der Waals surface area contributed by atoms with Gasteiger partial charge in [0, 0.05) is 18.7 Å². The van der Waals surface area contributed by atoms with Gasteiger partial charge in [-0.2, -0.15) is 0 Å². The first-order valence-electron chi connectivity index (χ1n) is 6.49. The maximum absolute atomic E-state index is 12.7. The number of hydrogen-bond acceptors (Lipinski definition) is 2. The van der Waals surface area contributed by atoms with E-state index in [0.29, 0.717) is 28.5 Å². The maximum Gasteiger partial charge on any atom is 0.259 e. The van der Waals surface area contributed by atoms with Crippen LogP contribution in [-0.2, 0) is 0 Å². The van der Waals surface area contributed by atoms with Gasteiger partial charge in [-0.1, -0.05) is 54.2 Å². The number of thiocarbonyl (C=S) groups is 1. The highest BCUT2D eigenvalue weighted by atomic mass is 35.5. The summed E-state index contributed by atoms with van der Waals surface area (Å²) in [7, 11) is 0. The van der Waals surface area contributed by atoms with E-state index in [-0.39, 0.29) is 5.91 Å². The number of hydrogen-bond donors (Lipinski definition) is 1. The minimum absolute atomic E-state index is 0.164. The van der Waals surface area contributed by atoms with Crippen LogP contribution in [0.4, 0.5) is 5.69 Å². The van der Waals surface area contributed by atoms with Crippen LogP contribution in [0.2, 0.25) is 5.02 Å². The third-order valence-corrected chi connectivity index (χ3v) is 3.53. The van der Waals surface area contributed by atoms with Gasteiger partial charge in [0.15, 0.2) is 0 Å². The Morgan fingerprint density at radius 3 is 2.33 bits per heavy atom. The van der Waals surface area contributed by atoms with Gasteiger partial charge in [0.05, 0.1) is 15.6 Å². The fourth-order valence-electron chi connectivity index (χ4n) is 1.96. The van der Waals surface area contributed by atoms with Crippen molar-refractivity contribution in [1.29, 1.82) is 0 Å². The molecule has 0 saturated carbocycles. The van der Waals surface area contributed by atoms with Crippen LogP contribution >= 0.6 is 23.8 Å². The van der Waals surface area contributed by atoms with Crippen molar-refractivity contribution in [2.45, 2.75) is 6.42 Å². The number of benzene rings is 2. The van der Waals surface area contributed by atoms with Gasteiger partial charge < -0.3 is 10.6 Å². The maximum atomic E-state index is 12.7. The van der Waals surface area contributed by atoms with Crippen molar-refractivity contribution in [3.63, 3.8) is 0 Å². The molecule has 0 atom stereocenters. The molecule has 0 fully saturated rings. The molecule has 0 aliphatic heterocycles. The largest absolute Gasteiger partial charge is 0.393 e. The number of halogens is 1. The second kappa shape index (κ2) is 7.20. The summed E-state index contributed by atoms with van der Waals surface area (Å²) in [6, 6.07) is 16.4. The first-order chi connectivity index (χ1) is 10.1. The zero-order valence-electron chi connectivity index (χ0n) is 11.3. The first kappa shape index (κ1) is 15.5. The van der Waals surface area contributed by atoms with E-state index in [4.69, 9.17) is 29.6 Å². The molecule has 0 aromatic heterocycles. The fraction of sp³-hybridized carbons (Fsp3) is 0.125. The van der Waals surface area contributed by atoms with E-state index in [0.717, 1.165) is 5.69 Å². The monoisotopic (exact) mass is 318 g/mol. The minimum atomic E-state index is -0.164. The van der Waals surface area contributed by atoms with Gasteiger partial charge in [-0.05, 0) is 24.3 Å². The van der Waals surface area contributed by atoms with Gasteiger partial charge in [0.25, 0.3) is 5.91 Å². The van der Waals surface area contributed by atoms with Gasteiger partial charge in [-0.3, -0.25) is 4.79 Å². The number of para-hydroxylation sites is 1. The van der Waals surface area contributed by atoms with Gasteiger partial charge in [-0.15, -0.1) is 0 Å². The summed E-state index contributed by atoms with van der Waals surface area (Å²) in [6.45, 7) is 0.420. The molecule has 2 aromatic rings. The lowest BCUT2D eigenvalue weighted by Crippen LogP contribution is -2.34. The predicted molar refractivity (Wildman–Crippen MR) is 91.0 cm³/mol. The summed E-state index contributed by atoms with van der Waals surface area (Å²) in [5.74, 6) is -0.164. The van der Waals surface area contributed by atoms with Crippen LogP contribution in [-0.4, -0.2) is 17.4 Å². The topological polar surface area (TPSA) is 46.3 Å². The number of nitrogens with two attached hydrogens (primary N) is 1. The summed E-state index contributed by atoms with van der Waals surface area (Å²) >= 11 is 11.0. The van der Waals surface area contributed by atoms with Crippen molar-refractivity contribution in [1.82, 2.24) is 0 Å². The number of nitrogens with zero attached hydrogens (tertiary/aromatic N) is 1. The predicted octanol–water partition coefficient (Wildman–Crippen LogP) is 3.66. The van der Waals surface area contributed by atoms with Gasteiger partial charge in [0.2, 0.25) is 0 Å². The molecule has 3 nitrogen and oxygen atoms in total. The van der Waals surface area contributed by atoms with E-state index in [1.165, 1.54) is 0 Å². The van der Waals surface area contributed by atoms with Crippen molar-refractivity contribution >= 4 is 40.4 Å². The number of carbonyl (C=O) groups is 1. The summed E-state index contributed by atoms with van der Waals surface area (Å²) in [6.07, 6.45) is 0.459. The molecule has 0 spiro atoms. The molecule has 2 N–H and O–H groups in total. The van der Waals surface area contributed by atoms with Crippen LogP contribution in [0.25, 0.3) is 0 Å². The SMILES string of the molecule is NC(=S)CCN(C(=O)c1ccccc1Cl)c1ccccc1. The number of rotatable bonds is 5. The van der Waals surface area contributed by atoms with Crippen molar-refractivity contribution in [2.75, 3.05) is 11.4 Å². The molecule has 0 radical (unpaired) electrons. The molecular formula is C16H15ClN2OS. The highest BCUT2D eigenvalue weighted by molar-refractivity contribution is 7.80. The Labute approximate surface area is 134 Å². The quantitative estimate of drug-likeness (QED) is 0.856. The van der Waals surface area contributed by atoms with Crippen LogP contribution < -0.4 is 10.6 Å². The lowest BCUT2D eigenvalue weighted by Gasteiger charge is -2.23. The Morgan fingerprint density at radius 1 is 1.10 bits per heavy atom. The molecule has 0 aliphatic rings. The molecular weight excluding hydrogens is 304 g/mol. The highest BCUT2D eigenvalue weighted by Gasteiger charge is 2.19. The standard InChI is InChI=1S/C16H15ClN2OS/c17-14-9-5-4-8-13(14)16(20)19(11-10-15(18)21)12-6-2-1-3-7-12/h1-9H,10-11H2,(H2,18,21). The smallest absolute Gasteiger partial charge is 0.259 e. The third-order valence-electron chi connectivity index (χ3n) is 3.00. The molecule has 0 saturated heterocycles. The van der Waals surface area contributed by atoms with Crippen LogP contribution in [0.1, 0.15) is 16.8 Å². The van der Waals surface area contributed by atoms with E-state index in [1.54, 1.807) is 29.2 Å². The second-order valence-corrected chi connectivity index (χ2v) is 5.42. The Hall–Kier alpha value is -1.91. The van der Waals surface area contributed by atoms with Crippen LogP contribution in [0.3, 0.4) is 0 Å². The van der Waals surface area contributed by atoms with Crippen molar-refractivity contribution in [3.05, 3.63) is 65.2 Å². The van der Waals surface area contributed by atoms with E-state index in [9.17, 15) is 4.79 Å². The normalized spacial score (nSPS) is 10.1. The van der Waals surface area contributed by atoms with Crippen LogP contribution in [0.15, 0.2) is 54.6 Å². The molecule has 1 amide bonds. The summed E-state index contributed by atoms with van der Waals surface area (Å²) in [5.41, 5.74) is 6.81. The Balaban J connectivity index is 2.33. The average Bonchev–Trinajstić information content (AvgIpc) is 2.48. The summed E-state index contributed by atoms with van der Waals surface area (Å²) < 4.78 is 0. The van der Waals surface area contributed by atoms with E-state index in [1.807, 2.05) is 30.3 Å². The third kappa shape index (κ3) is 4.03. The van der Waals surface area contributed by atoms with Gasteiger partial charge >= 0.3 is 0 Å². The molecule has 5 heteroatoms. The number of anilines is 1. The molecule has 0 aliphatic carbocycles. The van der Waals surface area contributed by atoms with Crippen molar-refractivity contribution in [3.8, 4) is 0 Å². The molecule has 0 bridgehead atoms. The number of carbonyl (C=O) groups excluding carboxylic acids is 1. The zero-order valence-corrected chi connectivity index (χ0v) is 12.9. The number of amides is 1. The van der Waals surface area contributed by atoms with E-state index in [2.05, 4.69) is 0 Å².